The molecular weight excluding hydrogens is 813 g/mol. The molecule has 4 atom stereocenters. The number of hydrogen-bond acceptors (Lipinski definition) is 10. The van der Waals surface area contributed by atoms with Crippen molar-refractivity contribution in [2.45, 2.75) is 142 Å². The summed E-state index contributed by atoms with van der Waals surface area (Å²) in [6.07, 6.45) is -0.497. The fraction of sp³-hybridized carbons (Fsp3) is 0.578. The molecule has 1 saturated heterocycles. The van der Waals surface area contributed by atoms with Crippen molar-refractivity contribution >= 4 is 41.8 Å². The Morgan fingerprint density at radius 3 is 1.94 bits per heavy atom. The number of amides is 8. The molecule has 1 fully saturated rings. The minimum atomic E-state index is -1.21. The number of hydrogen-bond donors (Lipinski definition) is 8. The molecule has 348 valence electrons. The zero-order chi connectivity index (χ0) is 46.8. The molecule has 0 bridgehead atoms. The third kappa shape index (κ3) is 21.0. The lowest BCUT2D eigenvalue weighted by Crippen LogP contribution is -2.59. The minimum absolute atomic E-state index is 0.00459. The molecule has 2 aromatic carbocycles. The molecule has 8 N–H and O–H groups in total. The van der Waals surface area contributed by atoms with Crippen molar-refractivity contribution in [1.82, 2.24) is 42.5 Å². The van der Waals surface area contributed by atoms with Gasteiger partial charge >= 0.3 is 18.2 Å². The van der Waals surface area contributed by atoms with E-state index in [2.05, 4.69) is 42.5 Å². The van der Waals surface area contributed by atoms with Gasteiger partial charge < -0.3 is 56.7 Å². The first-order chi connectivity index (χ1) is 29.5. The van der Waals surface area contributed by atoms with E-state index in [-0.39, 0.29) is 51.9 Å². The molecule has 1 aliphatic heterocycles. The number of carbonyl (C=O) groups excluding carboxylic acids is 7. The van der Waals surface area contributed by atoms with Crippen LogP contribution in [0.3, 0.4) is 0 Å². The second kappa shape index (κ2) is 24.0. The highest BCUT2D eigenvalue weighted by molar-refractivity contribution is 5.95. The number of nitrogens with one attached hydrogen (secondary N) is 8. The topological polar surface area (TPSA) is 243 Å². The molecule has 0 unspecified atom stereocenters. The van der Waals surface area contributed by atoms with Crippen LogP contribution in [0.25, 0.3) is 0 Å². The number of rotatable bonds is 12. The van der Waals surface area contributed by atoms with E-state index in [9.17, 15) is 33.6 Å². The molecule has 18 heteroatoms. The molecule has 0 aliphatic carbocycles. The van der Waals surface area contributed by atoms with E-state index in [1.807, 2.05) is 26.8 Å². The maximum Gasteiger partial charge on any atom is 0.408 e. The SMILES string of the molecule is CC(C)(C)OC(=O)NCCNC(=O)[C@@H]1CCNC(=O)NCCCC[C@@H](NC(=O)[C@H](Cc2ccc(OC(C)(C)C)cc2)NC(=O)OC(C)(C)C)C(=O)N[C@@H](Cc2ccccc2)C(=O)N1. The first-order valence-corrected chi connectivity index (χ1v) is 21.4. The summed E-state index contributed by atoms with van der Waals surface area (Å²) in [5.41, 5.74) is -0.610. The van der Waals surface area contributed by atoms with Gasteiger partial charge in [0.05, 0.1) is 0 Å². The molecule has 2 aromatic rings. The van der Waals surface area contributed by atoms with Crippen LogP contribution in [-0.2, 0) is 41.5 Å². The molecule has 0 spiro atoms. The van der Waals surface area contributed by atoms with Gasteiger partial charge in [-0.3, -0.25) is 19.2 Å². The smallest absolute Gasteiger partial charge is 0.408 e. The lowest BCUT2D eigenvalue weighted by atomic mass is 10.0. The molecule has 63 heavy (non-hydrogen) atoms. The van der Waals surface area contributed by atoms with Gasteiger partial charge in [-0.25, -0.2) is 14.4 Å². The first-order valence-electron chi connectivity index (χ1n) is 21.4. The van der Waals surface area contributed by atoms with Crippen molar-refractivity contribution in [3.63, 3.8) is 0 Å². The lowest BCUT2D eigenvalue weighted by Gasteiger charge is -2.28. The average Bonchev–Trinajstić information content (AvgIpc) is 3.16. The van der Waals surface area contributed by atoms with Crippen LogP contribution in [0.5, 0.6) is 5.75 Å². The van der Waals surface area contributed by atoms with Crippen molar-refractivity contribution in [2.24, 2.45) is 0 Å². The largest absolute Gasteiger partial charge is 0.488 e. The van der Waals surface area contributed by atoms with E-state index in [0.717, 1.165) is 0 Å². The second-order valence-corrected chi connectivity index (χ2v) is 18.3. The van der Waals surface area contributed by atoms with Crippen LogP contribution in [0.4, 0.5) is 14.4 Å². The Kier molecular flexibility index (Phi) is 19.5. The van der Waals surface area contributed by atoms with E-state index in [4.69, 9.17) is 14.2 Å². The predicted octanol–water partition coefficient (Wildman–Crippen LogP) is 3.51. The third-order valence-electron chi connectivity index (χ3n) is 8.99. The van der Waals surface area contributed by atoms with E-state index >= 15 is 0 Å². The van der Waals surface area contributed by atoms with Crippen molar-refractivity contribution in [1.29, 1.82) is 0 Å². The van der Waals surface area contributed by atoms with Crippen LogP contribution in [0.2, 0.25) is 0 Å². The Balaban J connectivity index is 1.89. The predicted molar refractivity (Wildman–Crippen MR) is 237 cm³/mol. The van der Waals surface area contributed by atoms with E-state index in [0.29, 0.717) is 29.7 Å². The molecule has 3 rings (SSSR count). The number of benzene rings is 2. The summed E-state index contributed by atoms with van der Waals surface area (Å²) in [5.74, 6) is -2.01. The zero-order valence-corrected chi connectivity index (χ0v) is 38.2. The van der Waals surface area contributed by atoms with Crippen LogP contribution < -0.4 is 47.3 Å². The highest BCUT2D eigenvalue weighted by Gasteiger charge is 2.33. The normalized spacial score (nSPS) is 18.7. The van der Waals surface area contributed by atoms with Gasteiger partial charge in [-0.2, -0.15) is 0 Å². The maximum atomic E-state index is 14.3. The van der Waals surface area contributed by atoms with Gasteiger partial charge in [0.1, 0.15) is 46.7 Å². The highest BCUT2D eigenvalue weighted by Crippen LogP contribution is 2.20. The van der Waals surface area contributed by atoms with Gasteiger partial charge in [0.15, 0.2) is 0 Å². The molecule has 0 aromatic heterocycles. The van der Waals surface area contributed by atoms with E-state index in [1.165, 1.54) is 0 Å². The summed E-state index contributed by atoms with van der Waals surface area (Å²) in [6, 6.07) is 10.8. The van der Waals surface area contributed by atoms with Crippen molar-refractivity contribution < 1.29 is 47.8 Å². The van der Waals surface area contributed by atoms with Crippen LogP contribution in [-0.4, -0.2) is 109 Å². The monoisotopic (exact) mass is 881 g/mol. The van der Waals surface area contributed by atoms with Crippen LogP contribution in [0, 0.1) is 0 Å². The van der Waals surface area contributed by atoms with Gasteiger partial charge in [-0.05, 0) is 111 Å². The van der Waals surface area contributed by atoms with Gasteiger partial charge in [-0.15, -0.1) is 0 Å². The highest BCUT2D eigenvalue weighted by atomic mass is 16.6. The minimum Gasteiger partial charge on any atom is -0.488 e. The number of urea groups is 1. The van der Waals surface area contributed by atoms with Gasteiger partial charge in [0.25, 0.3) is 0 Å². The van der Waals surface area contributed by atoms with Gasteiger partial charge in [-0.1, -0.05) is 42.5 Å². The van der Waals surface area contributed by atoms with Crippen LogP contribution in [0.1, 0.15) is 99.1 Å². The Morgan fingerprint density at radius 1 is 0.683 bits per heavy atom. The Labute approximate surface area is 370 Å². The number of ether oxygens (including phenoxy) is 3. The molecular formula is C45H68N8O10. The molecule has 1 aliphatic rings. The van der Waals surface area contributed by atoms with Crippen LogP contribution >= 0.6 is 0 Å². The Bertz CT molecular complexity index is 1840. The van der Waals surface area contributed by atoms with Crippen LogP contribution in [0.15, 0.2) is 54.6 Å². The van der Waals surface area contributed by atoms with Crippen molar-refractivity contribution in [3.8, 4) is 5.75 Å². The zero-order valence-electron chi connectivity index (χ0n) is 38.2. The molecule has 0 saturated carbocycles. The number of carbonyl (C=O) groups is 7. The standard InChI is InChI=1S/C45H68N8O10/c1-43(2,3)61-31-20-18-30(19-21-31)28-35(53-42(60)63-45(7,8)9)39(57)50-32-17-13-14-23-47-40(58)48-24-22-33(36(54)46-25-26-49-41(59)62-44(4,5)6)51-38(56)34(52-37(32)55)27-29-15-11-10-12-16-29/h10-12,15-16,18-21,32-35H,13-14,17,22-28H2,1-9H3,(H,46,54)(H,49,59)(H,50,57)(H,51,56)(H,52,55)(H,53,60)(H2,47,48,58)/t32-,33+,34+,35+/m1/s1. The van der Waals surface area contributed by atoms with Gasteiger partial charge in [0, 0.05) is 39.0 Å². The molecule has 18 nitrogen and oxygen atoms in total. The van der Waals surface area contributed by atoms with E-state index < -0.39 is 82.8 Å². The third-order valence-corrected chi connectivity index (χ3v) is 8.99. The maximum absolute atomic E-state index is 14.3. The summed E-state index contributed by atoms with van der Waals surface area (Å²) >= 11 is 0. The molecule has 8 amide bonds. The van der Waals surface area contributed by atoms with Gasteiger partial charge in [0.2, 0.25) is 23.6 Å². The van der Waals surface area contributed by atoms with E-state index in [1.54, 1.807) is 90.1 Å². The van der Waals surface area contributed by atoms with Crippen molar-refractivity contribution in [2.75, 3.05) is 26.2 Å². The second-order valence-electron chi connectivity index (χ2n) is 18.3. The quantitative estimate of drug-likeness (QED) is 0.144. The summed E-state index contributed by atoms with van der Waals surface area (Å²) in [6.45, 7) is 16.3. The summed E-state index contributed by atoms with van der Waals surface area (Å²) in [5, 5.41) is 21.7. The first kappa shape index (κ1) is 51.3. The Hall–Kier alpha value is -6.07. The van der Waals surface area contributed by atoms with Crippen molar-refractivity contribution in [3.05, 3.63) is 65.7 Å². The Morgan fingerprint density at radius 2 is 1.30 bits per heavy atom. The summed E-state index contributed by atoms with van der Waals surface area (Å²) < 4.78 is 16.6. The molecule has 1 heterocycles. The molecule has 0 radical (unpaired) electrons. The lowest BCUT2D eigenvalue weighted by molar-refractivity contribution is -0.134. The fourth-order valence-electron chi connectivity index (χ4n) is 6.21. The fourth-order valence-corrected chi connectivity index (χ4v) is 6.21. The average molecular weight is 881 g/mol. The number of alkyl carbamates (subject to hydrolysis) is 2. The summed E-state index contributed by atoms with van der Waals surface area (Å²) in [4.78, 5) is 93.9. The summed E-state index contributed by atoms with van der Waals surface area (Å²) in [7, 11) is 0.